The molecule has 6 nitrogen and oxygen atoms in total. The van der Waals surface area contributed by atoms with Gasteiger partial charge in [0, 0.05) is 29.4 Å². The van der Waals surface area contributed by atoms with Gasteiger partial charge in [-0.15, -0.1) is 11.3 Å². The van der Waals surface area contributed by atoms with E-state index in [1.165, 1.54) is 11.3 Å². The SMILES string of the molecule is CCCN(Cc1cccn1Cc1nc(C(=O)NC(C)c2ccccc2)cs1)C(=O)c1ccccc1C. The molecule has 0 radical (unpaired) electrons. The molecule has 4 rings (SSSR count). The molecule has 1 N–H and O–H groups in total. The lowest BCUT2D eigenvalue weighted by Crippen LogP contribution is -2.32. The minimum atomic E-state index is -0.181. The van der Waals surface area contributed by atoms with Crippen LogP contribution in [0.3, 0.4) is 0 Å². The van der Waals surface area contributed by atoms with Crippen molar-refractivity contribution >= 4 is 23.2 Å². The Kier molecular flexibility index (Phi) is 8.33. The van der Waals surface area contributed by atoms with E-state index in [-0.39, 0.29) is 17.9 Å². The highest BCUT2D eigenvalue weighted by atomic mass is 32.1. The molecule has 7 heteroatoms. The summed E-state index contributed by atoms with van der Waals surface area (Å²) in [5.41, 5.74) is 4.23. The zero-order valence-corrected chi connectivity index (χ0v) is 21.8. The van der Waals surface area contributed by atoms with E-state index in [1.54, 1.807) is 5.38 Å². The second-order valence-corrected chi connectivity index (χ2v) is 9.84. The zero-order chi connectivity index (χ0) is 25.5. The second kappa shape index (κ2) is 11.8. The second-order valence-electron chi connectivity index (χ2n) is 8.90. The summed E-state index contributed by atoms with van der Waals surface area (Å²) in [5, 5.41) is 5.67. The van der Waals surface area contributed by atoms with Crippen LogP contribution in [0.15, 0.2) is 78.3 Å². The van der Waals surface area contributed by atoms with E-state index in [2.05, 4.69) is 21.8 Å². The van der Waals surface area contributed by atoms with Gasteiger partial charge in [0.05, 0.1) is 19.1 Å². The van der Waals surface area contributed by atoms with Gasteiger partial charge in [-0.3, -0.25) is 9.59 Å². The molecule has 1 atom stereocenters. The number of rotatable bonds is 10. The largest absolute Gasteiger partial charge is 0.344 e. The maximum Gasteiger partial charge on any atom is 0.271 e. The molecule has 0 saturated carbocycles. The van der Waals surface area contributed by atoms with Gasteiger partial charge in [0.1, 0.15) is 10.7 Å². The van der Waals surface area contributed by atoms with Crippen LogP contribution in [0.2, 0.25) is 0 Å². The molecule has 2 amide bonds. The number of aromatic nitrogens is 2. The molecule has 0 fully saturated rings. The van der Waals surface area contributed by atoms with Gasteiger partial charge in [0.15, 0.2) is 0 Å². The number of hydrogen-bond donors (Lipinski definition) is 1. The molecule has 0 aliphatic heterocycles. The Hall–Kier alpha value is -3.71. The summed E-state index contributed by atoms with van der Waals surface area (Å²) < 4.78 is 2.10. The average Bonchev–Trinajstić information content (AvgIpc) is 3.54. The number of thiazole rings is 1. The van der Waals surface area contributed by atoms with Crippen molar-refractivity contribution in [3.8, 4) is 0 Å². The molecular weight excluding hydrogens is 468 g/mol. The van der Waals surface area contributed by atoms with Gasteiger partial charge in [-0.2, -0.15) is 0 Å². The fourth-order valence-electron chi connectivity index (χ4n) is 4.18. The number of hydrogen-bond acceptors (Lipinski definition) is 4. The number of nitrogens with zero attached hydrogens (tertiary/aromatic N) is 3. The third-order valence-electron chi connectivity index (χ3n) is 6.17. The van der Waals surface area contributed by atoms with Gasteiger partial charge in [-0.25, -0.2) is 4.98 Å². The lowest BCUT2D eigenvalue weighted by atomic mass is 10.1. The topological polar surface area (TPSA) is 67.2 Å². The maximum atomic E-state index is 13.3. The molecule has 0 bridgehead atoms. The smallest absolute Gasteiger partial charge is 0.271 e. The first-order chi connectivity index (χ1) is 17.5. The van der Waals surface area contributed by atoms with E-state index in [0.717, 1.165) is 33.8 Å². The van der Waals surface area contributed by atoms with Crippen LogP contribution < -0.4 is 5.32 Å². The quantitative estimate of drug-likeness (QED) is 0.297. The Labute approximate surface area is 216 Å². The van der Waals surface area contributed by atoms with Crippen molar-refractivity contribution in [1.82, 2.24) is 19.8 Å². The minimum Gasteiger partial charge on any atom is -0.344 e. The van der Waals surface area contributed by atoms with Crippen LogP contribution in [0.5, 0.6) is 0 Å². The fourth-order valence-corrected chi connectivity index (χ4v) is 4.95. The summed E-state index contributed by atoms with van der Waals surface area (Å²) in [6.07, 6.45) is 2.88. The number of amides is 2. The third-order valence-corrected chi connectivity index (χ3v) is 7.00. The van der Waals surface area contributed by atoms with E-state index < -0.39 is 0 Å². The van der Waals surface area contributed by atoms with Gasteiger partial charge in [-0.05, 0) is 49.6 Å². The van der Waals surface area contributed by atoms with Crippen LogP contribution in [0.4, 0.5) is 0 Å². The van der Waals surface area contributed by atoms with E-state index >= 15 is 0 Å². The highest BCUT2D eigenvalue weighted by Crippen LogP contribution is 2.18. The Morgan fingerprint density at radius 2 is 1.81 bits per heavy atom. The predicted molar refractivity (Wildman–Crippen MR) is 144 cm³/mol. The Bertz CT molecular complexity index is 1310. The normalized spacial score (nSPS) is 11.8. The lowest BCUT2D eigenvalue weighted by Gasteiger charge is -2.24. The molecule has 1 unspecified atom stereocenters. The van der Waals surface area contributed by atoms with Crippen LogP contribution in [0.1, 0.15) is 69.0 Å². The van der Waals surface area contributed by atoms with Gasteiger partial charge < -0.3 is 14.8 Å². The molecular formula is C29H32N4O2S. The third kappa shape index (κ3) is 6.10. The average molecular weight is 501 g/mol. The Morgan fingerprint density at radius 1 is 1.06 bits per heavy atom. The molecule has 0 spiro atoms. The Balaban J connectivity index is 1.43. The number of carbonyl (C=O) groups excluding carboxylic acids is 2. The molecule has 36 heavy (non-hydrogen) atoms. The van der Waals surface area contributed by atoms with Crippen molar-refractivity contribution in [2.24, 2.45) is 0 Å². The van der Waals surface area contributed by atoms with Crippen molar-refractivity contribution in [1.29, 1.82) is 0 Å². The highest BCUT2D eigenvalue weighted by molar-refractivity contribution is 7.09. The molecule has 0 aliphatic rings. The van der Waals surface area contributed by atoms with Crippen molar-refractivity contribution in [3.63, 3.8) is 0 Å². The van der Waals surface area contributed by atoms with Crippen molar-refractivity contribution in [2.75, 3.05) is 6.54 Å². The summed E-state index contributed by atoms with van der Waals surface area (Å²) >= 11 is 1.47. The van der Waals surface area contributed by atoms with E-state index in [0.29, 0.717) is 25.3 Å². The molecule has 4 aromatic rings. The van der Waals surface area contributed by atoms with Gasteiger partial charge in [0.2, 0.25) is 0 Å². The first kappa shape index (κ1) is 25.4. The molecule has 0 aliphatic carbocycles. The summed E-state index contributed by atoms with van der Waals surface area (Å²) in [6, 6.07) is 21.5. The van der Waals surface area contributed by atoms with Crippen molar-refractivity contribution < 1.29 is 9.59 Å². The summed E-state index contributed by atoms with van der Waals surface area (Å²) in [6.45, 7) is 7.76. The standard InChI is InChI=1S/C29H32N4O2S/c1-4-16-33(29(35)25-15-9-8-11-21(25)2)18-24-14-10-17-32(24)19-27-31-26(20-36-27)28(34)30-22(3)23-12-6-5-7-13-23/h5-15,17,20,22H,4,16,18-19H2,1-3H3,(H,30,34). The summed E-state index contributed by atoms with van der Waals surface area (Å²) in [4.78, 5) is 32.5. The van der Waals surface area contributed by atoms with Gasteiger partial charge in [-0.1, -0.05) is 55.5 Å². The molecule has 0 saturated heterocycles. The van der Waals surface area contributed by atoms with Crippen LogP contribution in [0, 0.1) is 6.92 Å². The predicted octanol–water partition coefficient (Wildman–Crippen LogP) is 5.84. The Morgan fingerprint density at radius 3 is 2.56 bits per heavy atom. The molecule has 2 aromatic carbocycles. The van der Waals surface area contributed by atoms with Crippen LogP contribution in [0.25, 0.3) is 0 Å². The highest BCUT2D eigenvalue weighted by Gasteiger charge is 2.19. The number of carbonyl (C=O) groups is 2. The summed E-state index contributed by atoms with van der Waals surface area (Å²) in [5.74, 6) is -0.136. The first-order valence-electron chi connectivity index (χ1n) is 12.3. The van der Waals surface area contributed by atoms with Crippen LogP contribution >= 0.6 is 11.3 Å². The first-order valence-corrected chi connectivity index (χ1v) is 13.1. The van der Waals surface area contributed by atoms with Crippen molar-refractivity contribution in [3.05, 3.63) is 111 Å². The number of benzene rings is 2. The van der Waals surface area contributed by atoms with Gasteiger partial charge in [0.25, 0.3) is 11.8 Å². The fraction of sp³-hybridized carbons (Fsp3) is 0.276. The zero-order valence-electron chi connectivity index (χ0n) is 21.0. The van der Waals surface area contributed by atoms with Crippen LogP contribution in [-0.2, 0) is 13.1 Å². The van der Waals surface area contributed by atoms with E-state index in [9.17, 15) is 9.59 Å². The van der Waals surface area contributed by atoms with E-state index in [4.69, 9.17) is 0 Å². The van der Waals surface area contributed by atoms with Crippen LogP contribution in [-0.4, -0.2) is 32.8 Å². The maximum absolute atomic E-state index is 13.3. The molecule has 2 heterocycles. The lowest BCUT2D eigenvalue weighted by molar-refractivity contribution is 0.0738. The van der Waals surface area contributed by atoms with E-state index in [1.807, 2.05) is 91.7 Å². The number of aryl methyl sites for hydroxylation is 1. The van der Waals surface area contributed by atoms with Crippen molar-refractivity contribution in [2.45, 2.75) is 46.3 Å². The summed E-state index contributed by atoms with van der Waals surface area (Å²) in [7, 11) is 0. The minimum absolute atomic E-state index is 0.0449. The van der Waals surface area contributed by atoms with Gasteiger partial charge >= 0.3 is 0 Å². The molecule has 2 aromatic heterocycles. The molecule has 186 valence electrons. The number of nitrogens with one attached hydrogen (secondary N) is 1. The monoisotopic (exact) mass is 500 g/mol.